The van der Waals surface area contributed by atoms with E-state index >= 15 is 0 Å². The Morgan fingerprint density at radius 2 is 2.20 bits per heavy atom. The van der Waals surface area contributed by atoms with Gasteiger partial charge in [0.05, 0.1) is 17.2 Å². The van der Waals surface area contributed by atoms with Gasteiger partial charge in [0.15, 0.2) is 0 Å². The number of benzene rings is 1. The summed E-state index contributed by atoms with van der Waals surface area (Å²) in [7, 11) is 0. The maximum atomic E-state index is 12.2. The predicted molar refractivity (Wildman–Crippen MR) is 75.3 cm³/mol. The van der Waals surface area contributed by atoms with Crippen molar-refractivity contribution in [1.29, 1.82) is 0 Å². The summed E-state index contributed by atoms with van der Waals surface area (Å²) in [6, 6.07) is 7.01. The molecule has 1 amide bonds. The van der Waals surface area contributed by atoms with Crippen LogP contribution < -0.4 is 10.9 Å². The third kappa shape index (κ3) is 3.21. The average molecular weight is 275 g/mol. The summed E-state index contributed by atoms with van der Waals surface area (Å²) >= 11 is 0. The van der Waals surface area contributed by atoms with Crippen LogP contribution in [-0.4, -0.2) is 33.7 Å². The van der Waals surface area contributed by atoms with Crippen LogP contribution in [0.25, 0.3) is 10.9 Å². The molecular weight excluding hydrogens is 258 g/mol. The number of nitrogens with one attached hydrogen (secondary N) is 1. The summed E-state index contributed by atoms with van der Waals surface area (Å²) in [6.07, 6.45) is 1.37. The lowest BCUT2D eigenvalue weighted by molar-refractivity contribution is -0.121. The molecule has 6 heteroatoms. The summed E-state index contributed by atoms with van der Waals surface area (Å²) in [4.78, 5) is 28.1. The van der Waals surface area contributed by atoms with E-state index in [1.807, 2.05) is 13.0 Å². The lowest BCUT2D eigenvalue weighted by Crippen LogP contribution is -2.35. The van der Waals surface area contributed by atoms with Gasteiger partial charge in [-0.15, -0.1) is 0 Å². The number of aliphatic hydroxyl groups excluding tert-OH is 1. The van der Waals surface area contributed by atoms with Crippen molar-refractivity contribution in [1.82, 2.24) is 14.9 Å². The van der Waals surface area contributed by atoms with Gasteiger partial charge in [-0.1, -0.05) is 19.1 Å². The molecule has 0 fully saturated rings. The quantitative estimate of drug-likeness (QED) is 0.813. The van der Waals surface area contributed by atoms with E-state index < -0.39 is 0 Å². The highest BCUT2D eigenvalue weighted by molar-refractivity contribution is 5.78. The first-order valence-corrected chi connectivity index (χ1v) is 6.43. The van der Waals surface area contributed by atoms with Gasteiger partial charge in [-0.3, -0.25) is 14.2 Å². The minimum atomic E-state index is -0.274. The Morgan fingerprint density at radius 3 is 2.95 bits per heavy atom. The molecule has 1 heterocycles. The Hall–Kier alpha value is -2.21. The molecule has 0 aliphatic heterocycles. The first-order valence-electron chi connectivity index (χ1n) is 6.43. The highest BCUT2D eigenvalue weighted by Gasteiger charge is 2.08. The molecule has 1 aromatic carbocycles. The first-order chi connectivity index (χ1) is 9.61. The van der Waals surface area contributed by atoms with E-state index in [-0.39, 0.29) is 30.5 Å². The number of para-hydroxylation sites is 1. The number of amides is 1. The molecule has 0 saturated heterocycles. The summed E-state index contributed by atoms with van der Waals surface area (Å²) in [5, 5.41) is 12.0. The SMILES string of the molecule is CC(CO)CNC(=O)Cn1cnc2ccccc2c1=O. The number of carbonyl (C=O) groups excluding carboxylic acids is 1. The minimum Gasteiger partial charge on any atom is -0.396 e. The Labute approximate surface area is 116 Å². The van der Waals surface area contributed by atoms with Gasteiger partial charge in [0.1, 0.15) is 6.54 Å². The van der Waals surface area contributed by atoms with Gasteiger partial charge in [0.2, 0.25) is 5.91 Å². The highest BCUT2D eigenvalue weighted by atomic mass is 16.3. The number of nitrogens with zero attached hydrogens (tertiary/aromatic N) is 2. The molecular formula is C14H17N3O3. The lowest BCUT2D eigenvalue weighted by Gasteiger charge is -2.10. The maximum Gasteiger partial charge on any atom is 0.261 e. The average Bonchev–Trinajstić information content (AvgIpc) is 2.48. The van der Waals surface area contributed by atoms with Crippen molar-refractivity contribution in [3.8, 4) is 0 Å². The van der Waals surface area contributed by atoms with E-state index in [1.54, 1.807) is 18.2 Å². The third-order valence-corrected chi connectivity index (χ3v) is 3.00. The monoisotopic (exact) mass is 275 g/mol. The highest BCUT2D eigenvalue weighted by Crippen LogP contribution is 2.04. The van der Waals surface area contributed by atoms with Crippen LogP contribution in [0, 0.1) is 5.92 Å². The molecule has 0 radical (unpaired) electrons. The molecule has 1 atom stereocenters. The van der Waals surface area contributed by atoms with E-state index in [2.05, 4.69) is 10.3 Å². The maximum absolute atomic E-state index is 12.2. The summed E-state index contributed by atoms with van der Waals surface area (Å²) in [6.45, 7) is 2.14. The van der Waals surface area contributed by atoms with Crippen LogP contribution in [0.15, 0.2) is 35.4 Å². The summed E-state index contributed by atoms with van der Waals surface area (Å²) in [5.41, 5.74) is 0.379. The largest absolute Gasteiger partial charge is 0.396 e. The van der Waals surface area contributed by atoms with Crippen molar-refractivity contribution in [3.63, 3.8) is 0 Å². The van der Waals surface area contributed by atoms with Gasteiger partial charge >= 0.3 is 0 Å². The van der Waals surface area contributed by atoms with E-state index in [9.17, 15) is 9.59 Å². The smallest absolute Gasteiger partial charge is 0.261 e. The zero-order chi connectivity index (χ0) is 14.5. The second-order valence-corrected chi connectivity index (χ2v) is 4.79. The zero-order valence-electron chi connectivity index (χ0n) is 11.2. The minimum absolute atomic E-state index is 0.00889. The third-order valence-electron chi connectivity index (χ3n) is 3.00. The number of hydrogen-bond donors (Lipinski definition) is 2. The Morgan fingerprint density at radius 1 is 1.45 bits per heavy atom. The number of rotatable bonds is 5. The van der Waals surface area contributed by atoms with Crippen LogP contribution >= 0.6 is 0 Å². The van der Waals surface area contributed by atoms with Gasteiger partial charge in [-0.2, -0.15) is 0 Å². The van der Waals surface area contributed by atoms with Crippen LogP contribution in [0.3, 0.4) is 0 Å². The van der Waals surface area contributed by atoms with Gasteiger partial charge in [-0.05, 0) is 18.1 Å². The van der Waals surface area contributed by atoms with Crippen molar-refractivity contribution in [2.75, 3.05) is 13.2 Å². The summed E-state index contributed by atoms with van der Waals surface area (Å²) in [5.74, 6) is -0.283. The standard InChI is InChI=1S/C14H17N3O3/c1-10(8-18)6-15-13(19)7-17-9-16-12-5-3-2-4-11(12)14(17)20/h2-5,9-10,18H,6-8H2,1H3,(H,15,19). The van der Waals surface area contributed by atoms with Gasteiger partial charge in [-0.25, -0.2) is 4.98 Å². The van der Waals surface area contributed by atoms with E-state index in [1.165, 1.54) is 10.9 Å². The van der Waals surface area contributed by atoms with Crippen LogP contribution in [0.2, 0.25) is 0 Å². The van der Waals surface area contributed by atoms with E-state index in [0.717, 1.165) is 0 Å². The molecule has 2 N–H and O–H groups in total. The normalized spacial score (nSPS) is 12.3. The van der Waals surface area contributed by atoms with Crippen LogP contribution in [-0.2, 0) is 11.3 Å². The molecule has 1 aromatic heterocycles. The lowest BCUT2D eigenvalue weighted by atomic mass is 10.2. The van der Waals surface area contributed by atoms with E-state index in [4.69, 9.17) is 5.11 Å². The Balaban J connectivity index is 2.12. The van der Waals surface area contributed by atoms with Gasteiger partial charge in [0.25, 0.3) is 5.56 Å². The zero-order valence-corrected chi connectivity index (χ0v) is 11.2. The molecule has 2 aromatic rings. The van der Waals surface area contributed by atoms with Crippen molar-refractivity contribution >= 4 is 16.8 Å². The molecule has 20 heavy (non-hydrogen) atoms. The predicted octanol–water partition coefficient (Wildman–Crippen LogP) is 0.141. The Bertz CT molecular complexity index is 666. The summed E-state index contributed by atoms with van der Waals surface area (Å²) < 4.78 is 1.28. The molecule has 0 aliphatic carbocycles. The first kappa shape index (κ1) is 14.2. The molecule has 106 valence electrons. The van der Waals surface area contributed by atoms with Crippen molar-refractivity contribution in [2.45, 2.75) is 13.5 Å². The molecule has 0 saturated carbocycles. The molecule has 6 nitrogen and oxygen atoms in total. The molecule has 0 aliphatic rings. The fourth-order valence-corrected chi connectivity index (χ4v) is 1.78. The number of hydrogen-bond acceptors (Lipinski definition) is 4. The topological polar surface area (TPSA) is 84.2 Å². The number of aromatic nitrogens is 2. The van der Waals surface area contributed by atoms with Crippen LogP contribution in [0.1, 0.15) is 6.92 Å². The van der Waals surface area contributed by atoms with Crippen LogP contribution in [0.5, 0.6) is 0 Å². The molecule has 1 unspecified atom stereocenters. The van der Waals surface area contributed by atoms with Gasteiger partial charge < -0.3 is 10.4 Å². The number of fused-ring (bicyclic) bond motifs is 1. The Kier molecular flexibility index (Phi) is 4.47. The molecule has 0 bridgehead atoms. The fourth-order valence-electron chi connectivity index (χ4n) is 1.78. The van der Waals surface area contributed by atoms with E-state index in [0.29, 0.717) is 17.4 Å². The van der Waals surface area contributed by atoms with Crippen molar-refractivity contribution in [2.24, 2.45) is 5.92 Å². The van der Waals surface area contributed by atoms with Crippen molar-refractivity contribution in [3.05, 3.63) is 40.9 Å². The van der Waals surface area contributed by atoms with Crippen LogP contribution in [0.4, 0.5) is 0 Å². The van der Waals surface area contributed by atoms with Crippen molar-refractivity contribution < 1.29 is 9.90 Å². The number of aliphatic hydroxyl groups is 1. The second-order valence-electron chi connectivity index (χ2n) is 4.79. The number of carbonyl (C=O) groups is 1. The molecule has 0 spiro atoms. The van der Waals surface area contributed by atoms with Gasteiger partial charge in [0, 0.05) is 13.2 Å². The fraction of sp³-hybridized carbons (Fsp3) is 0.357. The molecule has 2 rings (SSSR count). The second kappa shape index (κ2) is 6.29.